The Labute approximate surface area is 97.5 Å². The molecule has 5 heteroatoms. The largest absolute Gasteiger partial charge is 0.476 e. The number of nitrogens with zero attached hydrogens (tertiary/aromatic N) is 3. The van der Waals surface area contributed by atoms with Crippen LogP contribution < -0.4 is 0 Å². The van der Waals surface area contributed by atoms with Gasteiger partial charge in [-0.05, 0) is 36.8 Å². The van der Waals surface area contributed by atoms with E-state index in [1.165, 1.54) is 10.7 Å². The second-order valence-electron chi connectivity index (χ2n) is 3.56. The molecule has 1 aromatic heterocycles. The Bertz CT molecular complexity index is 623. The van der Waals surface area contributed by atoms with Gasteiger partial charge in [0.05, 0.1) is 17.3 Å². The van der Waals surface area contributed by atoms with Gasteiger partial charge in [0.25, 0.3) is 0 Å². The zero-order chi connectivity index (χ0) is 12.4. The van der Waals surface area contributed by atoms with Crippen LogP contribution in [0.25, 0.3) is 5.69 Å². The summed E-state index contributed by atoms with van der Waals surface area (Å²) in [6.07, 6.45) is 1.57. The number of aromatic nitrogens is 2. The van der Waals surface area contributed by atoms with Crippen LogP contribution in [0.2, 0.25) is 0 Å². The van der Waals surface area contributed by atoms with Gasteiger partial charge in [0, 0.05) is 6.20 Å². The molecule has 0 bridgehead atoms. The molecule has 2 rings (SSSR count). The van der Waals surface area contributed by atoms with E-state index >= 15 is 0 Å². The molecule has 84 valence electrons. The van der Waals surface area contributed by atoms with Crippen molar-refractivity contribution in [2.75, 3.05) is 0 Å². The molecule has 1 aromatic carbocycles. The van der Waals surface area contributed by atoms with Crippen molar-refractivity contribution >= 4 is 5.97 Å². The number of aromatic carboxylic acids is 1. The zero-order valence-corrected chi connectivity index (χ0v) is 9.08. The fourth-order valence-electron chi connectivity index (χ4n) is 1.50. The second kappa shape index (κ2) is 4.10. The van der Waals surface area contributed by atoms with Crippen LogP contribution in [0.1, 0.15) is 21.6 Å². The molecule has 0 aliphatic rings. The molecule has 0 fully saturated rings. The molecular weight excluding hydrogens is 218 g/mol. The van der Waals surface area contributed by atoms with E-state index in [9.17, 15) is 4.79 Å². The van der Waals surface area contributed by atoms with Crippen LogP contribution in [-0.2, 0) is 0 Å². The van der Waals surface area contributed by atoms with E-state index in [0.717, 1.165) is 11.3 Å². The number of rotatable bonds is 2. The number of aryl methyl sites for hydroxylation is 1. The van der Waals surface area contributed by atoms with Crippen molar-refractivity contribution in [1.29, 1.82) is 5.26 Å². The highest BCUT2D eigenvalue weighted by atomic mass is 16.4. The minimum atomic E-state index is -1.06. The molecule has 0 saturated heterocycles. The number of nitriles is 1. The van der Waals surface area contributed by atoms with Crippen LogP contribution >= 0.6 is 0 Å². The molecular formula is C12H9N3O2. The first-order valence-corrected chi connectivity index (χ1v) is 4.92. The first kappa shape index (κ1) is 10.9. The van der Waals surface area contributed by atoms with Gasteiger partial charge in [-0.1, -0.05) is 0 Å². The van der Waals surface area contributed by atoms with Crippen molar-refractivity contribution in [1.82, 2.24) is 9.78 Å². The van der Waals surface area contributed by atoms with Gasteiger partial charge in [-0.15, -0.1) is 0 Å². The quantitative estimate of drug-likeness (QED) is 0.847. The summed E-state index contributed by atoms with van der Waals surface area (Å²) < 4.78 is 1.47. The van der Waals surface area contributed by atoms with E-state index in [2.05, 4.69) is 11.2 Å². The fraction of sp³-hybridized carbons (Fsp3) is 0.0833. The monoisotopic (exact) mass is 227 g/mol. The van der Waals surface area contributed by atoms with Gasteiger partial charge in [0.15, 0.2) is 5.69 Å². The summed E-state index contributed by atoms with van der Waals surface area (Å²) in [6, 6.07) is 8.70. The van der Waals surface area contributed by atoms with Crippen LogP contribution in [0, 0.1) is 18.3 Å². The Hall–Kier alpha value is -2.61. The Morgan fingerprint density at radius 2 is 2.24 bits per heavy atom. The molecule has 0 saturated carbocycles. The van der Waals surface area contributed by atoms with Crippen molar-refractivity contribution in [3.05, 3.63) is 47.3 Å². The van der Waals surface area contributed by atoms with Gasteiger partial charge in [0.2, 0.25) is 0 Å². The van der Waals surface area contributed by atoms with E-state index in [4.69, 9.17) is 10.4 Å². The molecule has 0 radical (unpaired) electrons. The average molecular weight is 227 g/mol. The Morgan fingerprint density at radius 1 is 1.47 bits per heavy atom. The van der Waals surface area contributed by atoms with Crippen LogP contribution in [-0.4, -0.2) is 20.9 Å². The highest BCUT2D eigenvalue weighted by Gasteiger charge is 2.08. The third kappa shape index (κ3) is 2.01. The van der Waals surface area contributed by atoms with Gasteiger partial charge in [-0.2, -0.15) is 10.4 Å². The van der Waals surface area contributed by atoms with Gasteiger partial charge in [0.1, 0.15) is 0 Å². The third-order valence-corrected chi connectivity index (χ3v) is 2.40. The van der Waals surface area contributed by atoms with E-state index in [1.54, 1.807) is 24.4 Å². The molecule has 1 heterocycles. The SMILES string of the molecule is Cc1cc(-n2ccc(C(=O)O)n2)ccc1C#N. The van der Waals surface area contributed by atoms with E-state index in [0.29, 0.717) is 5.56 Å². The summed E-state index contributed by atoms with van der Waals surface area (Å²) in [5, 5.41) is 21.5. The normalized spacial score (nSPS) is 9.88. The Kier molecular flexibility index (Phi) is 2.63. The molecule has 0 aliphatic carbocycles. The lowest BCUT2D eigenvalue weighted by atomic mass is 10.1. The average Bonchev–Trinajstić information content (AvgIpc) is 2.78. The fourth-order valence-corrected chi connectivity index (χ4v) is 1.50. The van der Waals surface area contributed by atoms with Crippen molar-refractivity contribution in [2.45, 2.75) is 6.92 Å². The number of carbonyl (C=O) groups is 1. The minimum Gasteiger partial charge on any atom is -0.476 e. The molecule has 0 spiro atoms. The Morgan fingerprint density at radius 3 is 2.76 bits per heavy atom. The van der Waals surface area contributed by atoms with Gasteiger partial charge in [-0.3, -0.25) is 0 Å². The first-order chi connectivity index (χ1) is 8.11. The summed E-state index contributed by atoms with van der Waals surface area (Å²) in [4.78, 5) is 10.7. The van der Waals surface area contributed by atoms with Gasteiger partial charge >= 0.3 is 5.97 Å². The zero-order valence-electron chi connectivity index (χ0n) is 9.08. The smallest absolute Gasteiger partial charge is 0.356 e. The van der Waals surface area contributed by atoms with Crippen molar-refractivity contribution in [3.63, 3.8) is 0 Å². The summed E-state index contributed by atoms with van der Waals surface area (Å²) in [5.74, 6) is -1.06. The van der Waals surface area contributed by atoms with E-state index in [-0.39, 0.29) is 5.69 Å². The summed E-state index contributed by atoms with van der Waals surface area (Å²) >= 11 is 0. The summed E-state index contributed by atoms with van der Waals surface area (Å²) in [5.41, 5.74) is 2.15. The van der Waals surface area contributed by atoms with Crippen LogP contribution in [0.5, 0.6) is 0 Å². The maximum absolute atomic E-state index is 10.7. The van der Waals surface area contributed by atoms with Gasteiger partial charge in [-0.25, -0.2) is 9.48 Å². The van der Waals surface area contributed by atoms with E-state index in [1.807, 2.05) is 6.92 Å². The summed E-state index contributed by atoms with van der Waals surface area (Å²) in [7, 11) is 0. The van der Waals surface area contributed by atoms with Crippen molar-refractivity contribution in [2.24, 2.45) is 0 Å². The first-order valence-electron chi connectivity index (χ1n) is 4.92. The number of carboxylic acid groups (broad SMARTS) is 1. The predicted molar refractivity (Wildman–Crippen MR) is 60.0 cm³/mol. The molecule has 0 aliphatic heterocycles. The number of carboxylic acids is 1. The van der Waals surface area contributed by atoms with Crippen LogP contribution in [0.4, 0.5) is 0 Å². The molecule has 0 atom stereocenters. The lowest BCUT2D eigenvalue weighted by molar-refractivity contribution is 0.0690. The molecule has 0 unspecified atom stereocenters. The maximum atomic E-state index is 10.7. The Balaban J connectivity index is 2.43. The number of benzene rings is 1. The standard InChI is InChI=1S/C12H9N3O2/c1-8-6-10(3-2-9(8)7-13)15-5-4-11(14-15)12(16)17/h2-6H,1H3,(H,16,17). The minimum absolute atomic E-state index is 0.00740. The maximum Gasteiger partial charge on any atom is 0.356 e. The lowest BCUT2D eigenvalue weighted by Crippen LogP contribution is -2.01. The molecule has 1 N–H and O–H groups in total. The predicted octanol–water partition coefficient (Wildman–Crippen LogP) is 1.75. The topological polar surface area (TPSA) is 78.9 Å². The molecule has 2 aromatic rings. The highest BCUT2D eigenvalue weighted by Crippen LogP contribution is 2.13. The van der Waals surface area contributed by atoms with Gasteiger partial charge < -0.3 is 5.11 Å². The van der Waals surface area contributed by atoms with E-state index < -0.39 is 5.97 Å². The third-order valence-electron chi connectivity index (χ3n) is 2.40. The summed E-state index contributed by atoms with van der Waals surface area (Å²) in [6.45, 7) is 1.82. The molecule has 5 nitrogen and oxygen atoms in total. The second-order valence-corrected chi connectivity index (χ2v) is 3.56. The molecule has 0 amide bonds. The molecule has 17 heavy (non-hydrogen) atoms. The number of hydrogen-bond acceptors (Lipinski definition) is 3. The lowest BCUT2D eigenvalue weighted by Gasteiger charge is -2.03. The van der Waals surface area contributed by atoms with Crippen LogP contribution in [0.3, 0.4) is 0 Å². The van der Waals surface area contributed by atoms with Crippen LogP contribution in [0.15, 0.2) is 30.5 Å². The highest BCUT2D eigenvalue weighted by molar-refractivity contribution is 5.85. The van der Waals surface area contributed by atoms with Crippen molar-refractivity contribution in [3.8, 4) is 11.8 Å². The number of hydrogen-bond donors (Lipinski definition) is 1. The van der Waals surface area contributed by atoms with Crippen molar-refractivity contribution < 1.29 is 9.90 Å².